The maximum atomic E-state index is 12.4. The minimum atomic E-state index is -0.406. The Labute approximate surface area is 152 Å². The molecular weight excluding hydrogens is 330 g/mol. The summed E-state index contributed by atoms with van der Waals surface area (Å²) in [4.78, 5) is 23.8. The standard InChI is InChI=1S/C20H23N3O3/c1-13(15-6-4-3-5-7-15)11-21-20(25)14(2)22-16-8-9-18-17(10-16)23-19(24)12-26-18/h3-10,13-14,22H,11-12H2,1-2H3,(H,21,25)(H,23,24). The van der Waals surface area contributed by atoms with Crippen LogP contribution in [0, 0.1) is 0 Å². The fourth-order valence-electron chi connectivity index (χ4n) is 2.79. The number of carbonyl (C=O) groups excluding carboxylic acids is 2. The third-order valence-electron chi connectivity index (χ3n) is 4.34. The molecule has 0 fully saturated rings. The number of anilines is 2. The zero-order valence-corrected chi connectivity index (χ0v) is 14.9. The fourth-order valence-corrected chi connectivity index (χ4v) is 2.79. The van der Waals surface area contributed by atoms with E-state index in [0.717, 1.165) is 5.69 Å². The second-order valence-corrected chi connectivity index (χ2v) is 6.47. The van der Waals surface area contributed by atoms with Gasteiger partial charge >= 0.3 is 0 Å². The molecule has 0 spiro atoms. The van der Waals surface area contributed by atoms with Crippen molar-refractivity contribution in [3.8, 4) is 5.75 Å². The lowest BCUT2D eigenvalue weighted by molar-refractivity contribution is -0.121. The molecule has 136 valence electrons. The summed E-state index contributed by atoms with van der Waals surface area (Å²) in [5.41, 5.74) is 2.55. The lowest BCUT2D eigenvalue weighted by Crippen LogP contribution is -2.39. The van der Waals surface area contributed by atoms with Crippen LogP contribution in [-0.4, -0.2) is 31.0 Å². The fraction of sp³-hybridized carbons (Fsp3) is 0.300. The van der Waals surface area contributed by atoms with Crippen LogP contribution in [0.25, 0.3) is 0 Å². The van der Waals surface area contributed by atoms with Gasteiger partial charge in [-0.1, -0.05) is 37.3 Å². The van der Waals surface area contributed by atoms with Gasteiger partial charge in [0.25, 0.3) is 5.91 Å². The number of rotatable bonds is 6. The molecule has 0 saturated carbocycles. The summed E-state index contributed by atoms with van der Waals surface area (Å²) in [5, 5.41) is 8.88. The van der Waals surface area contributed by atoms with Gasteiger partial charge in [-0.15, -0.1) is 0 Å². The predicted octanol–water partition coefficient (Wildman–Crippen LogP) is 2.74. The van der Waals surface area contributed by atoms with Crippen LogP contribution < -0.4 is 20.7 Å². The number of fused-ring (bicyclic) bond motifs is 1. The Hall–Kier alpha value is -3.02. The van der Waals surface area contributed by atoms with E-state index in [-0.39, 0.29) is 24.3 Å². The van der Waals surface area contributed by atoms with Crippen LogP contribution in [0.5, 0.6) is 5.75 Å². The molecule has 0 aromatic heterocycles. The molecule has 0 radical (unpaired) electrons. The molecule has 0 aliphatic carbocycles. The number of hydrogen-bond donors (Lipinski definition) is 3. The summed E-state index contributed by atoms with van der Waals surface area (Å²) >= 11 is 0. The third kappa shape index (κ3) is 4.33. The van der Waals surface area contributed by atoms with Gasteiger partial charge in [0, 0.05) is 12.2 Å². The molecule has 2 amide bonds. The van der Waals surface area contributed by atoms with Crippen molar-refractivity contribution in [1.29, 1.82) is 0 Å². The molecule has 6 nitrogen and oxygen atoms in total. The Morgan fingerprint density at radius 2 is 1.96 bits per heavy atom. The van der Waals surface area contributed by atoms with Gasteiger partial charge in [0.15, 0.2) is 6.61 Å². The molecule has 3 rings (SSSR count). The van der Waals surface area contributed by atoms with Crippen molar-refractivity contribution in [1.82, 2.24) is 5.32 Å². The van der Waals surface area contributed by atoms with Gasteiger partial charge in [-0.05, 0) is 36.6 Å². The predicted molar refractivity (Wildman–Crippen MR) is 102 cm³/mol. The summed E-state index contributed by atoms with van der Waals surface area (Å²) in [6.07, 6.45) is 0. The number of amides is 2. The van der Waals surface area contributed by atoms with Crippen molar-refractivity contribution in [3.05, 3.63) is 54.1 Å². The van der Waals surface area contributed by atoms with E-state index >= 15 is 0 Å². The van der Waals surface area contributed by atoms with Gasteiger partial charge < -0.3 is 20.7 Å². The molecule has 1 aliphatic heterocycles. The summed E-state index contributed by atoms with van der Waals surface area (Å²) < 4.78 is 5.33. The van der Waals surface area contributed by atoms with E-state index in [0.29, 0.717) is 18.0 Å². The van der Waals surface area contributed by atoms with E-state index < -0.39 is 6.04 Å². The van der Waals surface area contributed by atoms with Crippen LogP contribution in [0.4, 0.5) is 11.4 Å². The number of nitrogens with one attached hydrogen (secondary N) is 3. The van der Waals surface area contributed by atoms with E-state index in [9.17, 15) is 9.59 Å². The SMILES string of the molecule is CC(Nc1ccc2c(c1)NC(=O)CO2)C(=O)NCC(C)c1ccccc1. The Morgan fingerprint density at radius 1 is 1.19 bits per heavy atom. The lowest BCUT2D eigenvalue weighted by Gasteiger charge is -2.21. The highest BCUT2D eigenvalue weighted by atomic mass is 16.5. The molecular formula is C20H23N3O3. The zero-order valence-electron chi connectivity index (χ0n) is 14.9. The Kier molecular flexibility index (Phi) is 5.41. The number of ether oxygens (including phenoxy) is 1. The van der Waals surface area contributed by atoms with Crippen LogP contribution >= 0.6 is 0 Å². The molecule has 1 aliphatic rings. The average molecular weight is 353 g/mol. The number of benzene rings is 2. The first-order chi connectivity index (χ1) is 12.5. The van der Waals surface area contributed by atoms with Gasteiger partial charge in [-0.3, -0.25) is 9.59 Å². The minimum Gasteiger partial charge on any atom is -0.482 e. The molecule has 2 unspecified atom stereocenters. The van der Waals surface area contributed by atoms with Gasteiger partial charge in [0.1, 0.15) is 11.8 Å². The van der Waals surface area contributed by atoms with Crippen LogP contribution in [0.3, 0.4) is 0 Å². The van der Waals surface area contributed by atoms with Crippen molar-refractivity contribution < 1.29 is 14.3 Å². The maximum Gasteiger partial charge on any atom is 0.262 e. The van der Waals surface area contributed by atoms with Gasteiger partial charge in [-0.25, -0.2) is 0 Å². The topological polar surface area (TPSA) is 79.5 Å². The molecule has 1 heterocycles. The van der Waals surface area contributed by atoms with E-state index in [4.69, 9.17) is 4.74 Å². The highest BCUT2D eigenvalue weighted by Gasteiger charge is 2.18. The summed E-state index contributed by atoms with van der Waals surface area (Å²) in [6, 6.07) is 15.1. The molecule has 3 N–H and O–H groups in total. The molecule has 2 atom stereocenters. The second-order valence-electron chi connectivity index (χ2n) is 6.47. The molecule has 6 heteroatoms. The molecule has 2 aromatic rings. The van der Waals surface area contributed by atoms with Crippen LogP contribution in [0.15, 0.2) is 48.5 Å². The third-order valence-corrected chi connectivity index (χ3v) is 4.34. The average Bonchev–Trinajstić information content (AvgIpc) is 2.66. The van der Waals surface area contributed by atoms with Gasteiger partial charge in [0.05, 0.1) is 5.69 Å². The van der Waals surface area contributed by atoms with Crippen LogP contribution in [0.1, 0.15) is 25.3 Å². The maximum absolute atomic E-state index is 12.4. The van der Waals surface area contributed by atoms with Crippen molar-refractivity contribution in [2.45, 2.75) is 25.8 Å². The van der Waals surface area contributed by atoms with E-state index in [2.05, 4.69) is 35.0 Å². The summed E-state index contributed by atoms with van der Waals surface area (Å²) in [6.45, 7) is 4.48. The van der Waals surface area contributed by atoms with Crippen molar-refractivity contribution in [3.63, 3.8) is 0 Å². The Bertz CT molecular complexity index is 792. The lowest BCUT2D eigenvalue weighted by atomic mass is 10.0. The normalized spacial score (nSPS) is 15.1. The Morgan fingerprint density at radius 3 is 2.73 bits per heavy atom. The largest absolute Gasteiger partial charge is 0.482 e. The molecule has 0 saturated heterocycles. The van der Waals surface area contributed by atoms with Gasteiger partial charge in [-0.2, -0.15) is 0 Å². The second kappa shape index (κ2) is 7.91. The van der Waals surface area contributed by atoms with Crippen LogP contribution in [-0.2, 0) is 9.59 Å². The molecule has 0 bridgehead atoms. The van der Waals surface area contributed by atoms with Gasteiger partial charge in [0.2, 0.25) is 5.91 Å². The van der Waals surface area contributed by atoms with Crippen molar-refractivity contribution in [2.75, 3.05) is 23.8 Å². The van der Waals surface area contributed by atoms with Crippen molar-refractivity contribution >= 4 is 23.2 Å². The number of carbonyl (C=O) groups is 2. The zero-order chi connectivity index (χ0) is 18.5. The monoisotopic (exact) mass is 353 g/mol. The first kappa shape index (κ1) is 17.8. The van der Waals surface area contributed by atoms with E-state index in [1.165, 1.54) is 5.56 Å². The Balaban J connectivity index is 1.54. The highest BCUT2D eigenvalue weighted by Crippen LogP contribution is 2.30. The highest BCUT2D eigenvalue weighted by molar-refractivity contribution is 5.96. The summed E-state index contributed by atoms with van der Waals surface area (Å²) in [5.74, 6) is 0.605. The first-order valence-electron chi connectivity index (χ1n) is 8.69. The molecule has 26 heavy (non-hydrogen) atoms. The first-order valence-corrected chi connectivity index (χ1v) is 8.69. The molecule has 2 aromatic carbocycles. The quantitative estimate of drug-likeness (QED) is 0.746. The van der Waals surface area contributed by atoms with E-state index in [1.807, 2.05) is 24.3 Å². The van der Waals surface area contributed by atoms with E-state index in [1.54, 1.807) is 19.1 Å². The van der Waals surface area contributed by atoms with Crippen LogP contribution in [0.2, 0.25) is 0 Å². The summed E-state index contributed by atoms with van der Waals surface area (Å²) in [7, 11) is 0. The number of hydrogen-bond acceptors (Lipinski definition) is 4. The van der Waals surface area contributed by atoms with Crippen molar-refractivity contribution in [2.24, 2.45) is 0 Å². The smallest absolute Gasteiger partial charge is 0.262 e. The minimum absolute atomic E-state index is 0.0260.